The van der Waals surface area contributed by atoms with Crippen molar-refractivity contribution in [3.05, 3.63) is 65.2 Å². The van der Waals surface area contributed by atoms with Gasteiger partial charge in [-0.15, -0.1) is 0 Å². The molecule has 0 radical (unpaired) electrons. The van der Waals surface area contributed by atoms with Crippen molar-refractivity contribution < 1.29 is 18.3 Å². The first-order valence-electron chi connectivity index (χ1n) is 8.40. The van der Waals surface area contributed by atoms with E-state index in [9.17, 15) is 13.2 Å². The van der Waals surface area contributed by atoms with Crippen LogP contribution in [0.5, 0.6) is 0 Å². The van der Waals surface area contributed by atoms with E-state index >= 15 is 0 Å². The van der Waals surface area contributed by atoms with Gasteiger partial charge in [-0.2, -0.15) is 0 Å². The Labute approximate surface area is 159 Å². The largest absolute Gasteiger partial charge is 0.481 e. The SMILES string of the molecule is O=C(O)CCC(CCCc1ccccc1)NS(=O)(=O)c1ccc(Cl)cc1. The van der Waals surface area contributed by atoms with E-state index in [0.29, 0.717) is 11.4 Å². The molecule has 26 heavy (non-hydrogen) atoms. The highest BCUT2D eigenvalue weighted by molar-refractivity contribution is 7.89. The lowest BCUT2D eigenvalue weighted by atomic mass is 10.0. The molecular weight excluding hydrogens is 374 g/mol. The van der Waals surface area contributed by atoms with Crippen LogP contribution in [-0.2, 0) is 21.2 Å². The second-order valence-corrected chi connectivity index (χ2v) is 8.23. The van der Waals surface area contributed by atoms with Crippen LogP contribution in [0.2, 0.25) is 5.02 Å². The number of hydrogen-bond donors (Lipinski definition) is 2. The van der Waals surface area contributed by atoms with Gasteiger partial charge < -0.3 is 5.11 Å². The zero-order valence-corrected chi connectivity index (χ0v) is 15.8. The number of sulfonamides is 1. The molecule has 0 spiro atoms. The fourth-order valence-electron chi connectivity index (χ4n) is 2.66. The molecule has 2 rings (SSSR count). The molecule has 0 saturated carbocycles. The average molecular weight is 396 g/mol. The minimum Gasteiger partial charge on any atom is -0.481 e. The van der Waals surface area contributed by atoms with Crippen LogP contribution in [0, 0.1) is 0 Å². The normalized spacial score (nSPS) is 12.7. The first-order chi connectivity index (χ1) is 12.4. The number of aryl methyl sites for hydroxylation is 1. The number of rotatable bonds is 10. The maximum atomic E-state index is 12.5. The zero-order valence-electron chi connectivity index (χ0n) is 14.3. The Bertz CT molecular complexity index is 807. The maximum absolute atomic E-state index is 12.5. The molecule has 0 aliphatic heterocycles. The number of carbonyl (C=O) groups is 1. The van der Waals surface area contributed by atoms with Crippen molar-refractivity contribution in [2.24, 2.45) is 0 Å². The predicted octanol–water partition coefficient (Wildman–Crippen LogP) is 3.87. The number of nitrogens with one attached hydrogen (secondary N) is 1. The Morgan fingerprint density at radius 3 is 2.31 bits per heavy atom. The van der Waals surface area contributed by atoms with Gasteiger partial charge in [-0.1, -0.05) is 41.9 Å². The third-order valence-corrected chi connectivity index (χ3v) is 5.80. The van der Waals surface area contributed by atoms with Crippen molar-refractivity contribution in [1.82, 2.24) is 4.72 Å². The van der Waals surface area contributed by atoms with Gasteiger partial charge in [0, 0.05) is 17.5 Å². The summed E-state index contributed by atoms with van der Waals surface area (Å²) in [6.07, 6.45) is 2.30. The summed E-state index contributed by atoms with van der Waals surface area (Å²) >= 11 is 5.80. The fraction of sp³-hybridized carbons (Fsp3) is 0.316. The molecule has 5 nitrogen and oxygen atoms in total. The standard InChI is InChI=1S/C19H22ClNO4S/c20-16-9-12-18(13-10-16)26(24,25)21-17(11-14-19(22)23)8-4-7-15-5-2-1-3-6-15/h1-3,5-6,9-10,12-13,17,21H,4,7-8,11,14H2,(H,22,23). The Balaban J connectivity index is 2.00. The quantitative estimate of drug-likeness (QED) is 0.639. The third-order valence-electron chi connectivity index (χ3n) is 4.01. The number of hydrogen-bond acceptors (Lipinski definition) is 3. The second-order valence-electron chi connectivity index (χ2n) is 6.08. The summed E-state index contributed by atoms with van der Waals surface area (Å²) in [6, 6.07) is 15.4. The van der Waals surface area contributed by atoms with Gasteiger partial charge >= 0.3 is 5.97 Å². The summed E-state index contributed by atoms with van der Waals surface area (Å²) in [5.74, 6) is -0.941. The van der Waals surface area contributed by atoms with Crippen LogP contribution in [0.3, 0.4) is 0 Å². The van der Waals surface area contributed by atoms with E-state index in [1.165, 1.54) is 29.8 Å². The first-order valence-corrected chi connectivity index (χ1v) is 10.3. The Morgan fingerprint density at radius 1 is 1.04 bits per heavy atom. The minimum atomic E-state index is -3.72. The van der Waals surface area contributed by atoms with Crippen LogP contribution in [0.15, 0.2) is 59.5 Å². The lowest BCUT2D eigenvalue weighted by molar-refractivity contribution is -0.137. The highest BCUT2D eigenvalue weighted by Gasteiger charge is 2.20. The molecule has 0 heterocycles. The number of aliphatic carboxylic acids is 1. The minimum absolute atomic E-state index is 0.0842. The molecule has 2 aromatic rings. The number of carboxylic acids is 1. The molecule has 1 unspecified atom stereocenters. The van der Waals surface area contributed by atoms with Gasteiger partial charge in [-0.3, -0.25) is 4.79 Å². The molecule has 0 fully saturated rings. The van der Waals surface area contributed by atoms with Gasteiger partial charge in [0.25, 0.3) is 0 Å². The highest BCUT2D eigenvalue weighted by atomic mass is 35.5. The third kappa shape index (κ3) is 6.78. The van der Waals surface area contributed by atoms with Crippen LogP contribution in [0.1, 0.15) is 31.2 Å². The summed E-state index contributed by atoms with van der Waals surface area (Å²) in [6.45, 7) is 0. The van der Waals surface area contributed by atoms with E-state index in [-0.39, 0.29) is 17.7 Å². The second kappa shape index (κ2) is 9.71. The fourth-order valence-corrected chi connectivity index (χ4v) is 4.09. The van der Waals surface area contributed by atoms with E-state index in [2.05, 4.69) is 4.72 Å². The molecule has 140 valence electrons. The molecule has 0 saturated heterocycles. The molecule has 0 amide bonds. The van der Waals surface area contributed by atoms with Gasteiger partial charge in [0.2, 0.25) is 10.0 Å². The number of halogens is 1. The van der Waals surface area contributed by atoms with Crippen molar-refractivity contribution in [3.8, 4) is 0 Å². The lowest BCUT2D eigenvalue weighted by Gasteiger charge is -2.18. The van der Waals surface area contributed by atoms with Crippen LogP contribution >= 0.6 is 11.6 Å². The first kappa shape index (κ1) is 20.4. The van der Waals surface area contributed by atoms with Crippen LogP contribution in [0.4, 0.5) is 0 Å². The van der Waals surface area contributed by atoms with Gasteiger partial charge in [0.15, 0.2) is 0 Å². The molecular formula is C19H22ClNO4S. The highest BCUT2D eigenvalue weighted by Crippen LogP contribution is 2.17. The molecule has 1 atom stereocenters. The molecule has 0 aliphatic carbocycles. The molecule has 0 aromatic heterocycles. The van der Waals surface area contributed by atoms with Crippen molar-refractivity contribution in [2.45, 2.75) is 43.0 Å². The summed E-state index contributed by atoms with van der Waals surface area (Å²) < 4.78 is 27.7. The van der Waals surface area contributed by atoms with E-state index < -0.39 is 22.0 Å². The van der Waals surface area contributed by atoms with Crippen LogP contribution in [0.25, 0.3) is 0 Å². The summed E-state index contributed by atoms with van der Waals surface area (Å²) in [4.78, 5) is 11.0. The summed E-state index contributed by atoms with van der Waals surface area (Å²) in [7, 11) is -3.72. The van der Waals surface area contributed by atoms with Gasteiger partial charge in [0.05, 0.1) is 4.90 Å². The van der Waals surface area contributed by atoms with Gasteiger partial charge in [0.1, 0.15) is 0 Å². The van der Waals surface area contributed by atoms with E-state index in [1.54, 1.807) is 0 Å². The van der Waals surface area contributed by atoms with E-state index in [0.717, 1.165) is 12.8 Å². The van der Waals surface area contributed by atoms with Crippen molar-refractivity contribution >= 4 is 27.6 Å². The maximum Gasteiger partial charge on any atom is 0.303 e. The molecule has 0 bridgehead atoms. The molecule has 0 aliphatic rings. The van der Waals surface area contributed by atoms with Gasteiger partial charge in [-0.25, -0.2) is 13.1 Å². The monoisotopic (exact) mass is 395 g/mol. The topological polar surface area (TPSA) is 83.5 Å². The van der Waals surface area contributed by atoms with E-state index in [1.807, 2.05) is 30.3 Å². The smallest absolute Gasteiger partial charge is 0.303 e. The summed E-state index contributed by atoms with van der Waals surface area (Å²) in [5, 5.41) is 9.37. The molecule has 2 aromatic carbocycles. The molecule has 7 heteroatoms. The van der Waals surface area contributed by atoms with Crippen LogP contribution in [-0.4, -0.2) is 25.5 Å². The Hall–Kier alpha value is -1.89. The summed E-state index contributed by atoms with van der Waals surface area (Å²) in [5.41, 5.74) is 1.17. The van der Waals surface area contributed by atoms with Crippen LogP contribution < -0.4 is 4.72 Å². The van der Waals surface area contributed by atoms with Crippen molar-refractivity contribution in [3.63, 3.8) is 0 Å². The van der Waals surface area contributed by atoms with E-state index in [4.69, 9.17) is 16.7 Å². The number of benzene rings is 2. The van der Waals surface area contributed by atoms with Crippen molar-refractivity contribution in [1.29, 1.82) is 0 Å². The zero-order chi connectivity index (χ0) is 19.0. The predicted molar refractivity (Wildman–Crippen MR) is 102 cm³/mol. The van der Waals surface area contributed by atoms with Gasteiger partial charge in [-0.05, 0) is 55.5 Å². The lowest BCUT2D eigenvalue weighted by Crippen LogP contribution is -2.35. The molecule has 2 N–H and O–H groups in total. The van der Waals surface area contributed by atoms with Crippen molar-refractivity contribution in [2.75, 3.05) is 0 Å². The number of carboxylic acid groups (broad SMARTS) is 1. The average Bonchev–Trinajstić information content (AvgIpc) is 2.60. The Morgan fingerprint density at radius 2 is 1.69 bits per heavy atom. The Kier molecular flexibility index (Phi) is 7.63.